The SMILES string of the molecule is CCC(C)(CC(C)(CC(C)(C)C(=O)OC(C)N1CCCCCC1=O)C(=O)NC)C(=O)OC(C)(C)CC(C)(C)C. The Labute approximate surface area is 237 Å². The van der Waals surface area contributed by atoms with Crippen LogP contribution < -0.4 is 5.32 Å². The number of ether oxygens (including phenoxy) is 2. The maximum atomic E-state index is 13.6. The van der Waals surface area contributed by atoms with Crippen molar-refractivity contribution in [2.45, 2.75) is 139 Å². The summed E-state index contributed by atoms with van der Waals surface area (Å²) >= 11 is 0. The fourth-order valence-corrected chi connectivity index (χ4v) is 6.23. The van der Waals surface area contributed by atoms with Gasteiger partial charge in [0.15, 0.2) is 6.23 Å². The Morgan fingerprint density at radius 2 is 1.46 bits per heavy atom. The number of carbonyl (C=O) groups excluding carboxylic acids is 4. The summed E-state index contributed by atoms with van der Waals surface area (Å²) < 4.78 is 11.8. The molecule has 8 nitrogen and oxygen atoms in total. The lowest BCUT2D eigenvalue weighted by atomic mass is 9.64. The molecule has 1 aliphatic heterocycles. The van der Waals surface area contributed by atoms with E-state index in [0.29, 0.717) is 25.8 Å². The third kappa shape index (κ3) is 10.1. The molecule has 0 radical (unpaired) electrons. The quantitative estimate of drug-likeness (QED) is 0.298. The maximum absolute atomic E-state index is 13.6. The molecule has 3 unspecified atom stereocenters. The third-order valence-electron chi connectivity index (χ3n) is 7.86. The molecule has 1 rings (SSSR count). The maximum Gasteiger partial charge on any atom is 0.313 e. The van der Waals surface area contributed by atoms with Gasteiger partial charge in [0, 0.05) is 25.4 Å². The van der Waals surface area contributed by atoms with Gasteiger partial charge in [0.05, 0.1) is 10.8 Å². The van der Waals surface area contributed by atoms with Crippen molar-refractivity contribution in [3.05, 3.63) is 0 Å². The topological polar surface area (TPSA) is 102 Å². The summed E-state index contributed by atoms with van der Waals surface area (Å²) in [7, 11) is 1.56. The van der Waals surface area contributed by atoms with Crippen LogP contribution in [0.5, 0.6) is 0 Å². The number of nitrogens with zero attached hydrogens (tertiary/aromatic N) is 1. The first-order chi connectivity index (χ1) is 17.6. The zero-order valence-electron chi connectivity index (χ0n) is 26.8. The summed E-state index contributed by atoms with van der Waals surface area (Å²) in [6, 6.07) is 0. The fourth-order valence-electron chi connectivity index (χ4n) is 6.23. The second-order valence-electron chi connectivity index (χ2n) is 14.6. The van der Waals surface area contributed by atoms with Crippen LogP contribution in [0.25, 0.3) is 0 Å². The van der Waals surface area contributed by atoms with Crippen molar-refractivity contribution < 1.29 is 28.7 Å². The van der Waals surface area contributed by atoms with E-state index in [1.807, 2.05) is 27.7 Å². The van der Waals surface area contributed by atoms with Gasteiger partial charge in [0.25, 0.3) is 0 Å². The fraction of sp³-hybridized carbons (Fsp3) is 0.871. The Hall–Kier alpha value is -2.12. The highest BCUT2D eigenvalue weighted by Gasteiger charge is 2.50. The summed E-state index contributed by atoms with van der Waals surface area (Å²) in [4.78, 5) is 54.4. The van der Waals surface area contributed by atoms with Crippen LogP contribution in [0.2, 0.25) is 0 Å². The molecule has 8 heteroatoms. The predicted molar refractivity (Wildman–Crippen MR) is 154 cm³/mol. The summed E-state index contributed by atoms with van der Waals surface area (Å²) in [6.45, 7) is 21.5. The average molecular weight is 553 g/mol. The van der Waals surface area contributed by atoms with E-state index in [1.54, 1.807) is 39.6 Å². The third-order valence-corrected chi connectivity index (χ3v) is 7.86. The smallest absolute Gasteiger partial charge is 0.313 e. The molecule has 3 atom stereocenters. The standard InChI is InChI=1S/C31H56N2O6/c1-13-30(10,26(37)39-29(8,9)19-27(3,4)5)21-31(11,24(35)32-12)20-28(6,7)25(36)38-22(2)33-18-16-14-15-17-23(33)34/h22H,13-21H2,1-12H3,(H,32,35). The van der Waals surface area contributed by atoms with Gasteiger partial charge in [-0.25, -0.2) is 0 Å². The Balaban J connectivity index is 3.16. The van der Waals surface area contributed by atoms with Gasteiger partial charge in [0.1, 0.15) is 5.60 Å². The lowest BCUT2D eigenvalue weighted by Gasteiger charge is -2.42. The van der Waals surface area contributed by atoms with Gasteiger partial charge in [0.2, 0.25) is 11.8 Å². The highest BCUT2D eigenvalue weighted by Crippen LogP contribution is 2.46. The summed E-state index contributed by atoms with van der Waals surface area (Å²) in [5, 5.41) is 2.74. The molecule has 226 valence electrons. The highest BCUT2D eigenvalue weighted by molar-refractivity contribution is 5.86. The lowest BCUT2D eigenvalue weighted by molar-refractivity contribution is -0.175. The van der Waals surface area contributed by atoms with Gasteiger partial charge in [-0.2, -0.15) is 0 Å². The Bertz CT molecular complexity index is 890. The van der Waals surface area contributed by atoms with Gasteiger partial charge >= 0.3 is 11.9 Å². The highest BCUT2D eigenvalue weighted by atomic mass is 16.6. The number of nitrogens with one attached hydrogen (secondary N) is 1. The molecular formula is C31H56N2O6. The van der Waals surface area contributed by atoms with Gasteiger partial charge < -0.3 is 19.7 Å². The van der Waals surface area contributed by atoms with E-state index < -0.39 is 34.0 Å². The van der Waals surface area contributed by atoms with E-state index in [0.717, 1.165) is 19.3 Å². The molecule has 0 spiro atoms. The monoisotopic (exact) mass is 552 g/mol. The minimum Gasteiger partial charge on any atom is -0.459 e. The minimum absolute atomic E-state index is 0.00702. The Morgan fingerprint density at radius 3 is 1.97 bits per heavy atom. The molecule has 0 aromatic carbocycles. The van der Waals surface area contributed by atoms with Crippen molar-refractivity contribution in [3.8, 4) is 0 Å². The van der Waals surface area contributed by atoms with Crippen LogP contribution in [0.4, 0.5) is 0 Å². The van der Waals surface area contributed by atoms with Crippen LogP contribution in [0.3, 0.4) is 0 Å². The summed E-state index contributed by atoms with van der Waals surface area (Å²) in [5.74, 6) is -1.08. The van der Waals surface area contributed by atoms with Crippen molar-refractivity contribution in [2.24, 2.45) is 21.7 Å². The van der Waals surface area contributed by atoms with Crippen molar-refractivity contribution >= 4 is 23.8 Å². The summed E-state index contributed by atoms with van der Waals surface area (Å²) in [6.07, 6.45) is 4.00. The Kier molecular flexibility index (Phi) is 11.7. The lowest BCUT2D eigenvalue weighted by Crippen LogP contribution is -2.49. The number of hydrogen-bond acceptors (Lipinski definition) is 6. The van der Waals surface area contributed by atoms with Crippen LogP contribution in [0.1, 0.15) is 128 Å². The van der Waals surface area contributed by atoms with Gasteiger partial charge in [-0.15, -0.1) is 0 Å². The molecule has 0 aromatic rings. The molecule has 2 amide bonds. The van der Waals surface area contributed by atoms with E-state index in [4.69, 9.17) is 9.47 Å². The van der Waals surface area contributed by atoms with E-state index >= 15 is 0 Å². The van der Waals surface area contributed by atoms with Gasteiger partial charge in [-0.3, -0.25) is 19.2 Å². The molecule has 39 heavy (non-hydrogen) atoms. The van der Waals surface area contributed by atoms with Crippen LogP contribution in [0.15, 0.2) is 0 Å². The van der Waals surface area contributed by atoms with E-state index in [9.17, 15) is 19.2 Å². The van der Waals surface area contributed by atoms with Crippen molar-refractivity contribution in [1.29, 1.82) is 0 Å². The number of carbonyl (C=O) groups is 4. The van der Waals surface area contributed by atoms with Gasteiger partial charge in [-0.05, 0) is 85.5 Å². The number of amides is 2. The van der Waals surface area contributed by atoms with E-state index in [1.165, 1.54) is 0 Å². The average Bonchev–Trinajstić information content (AvgIpc) is 2.99. The molecule has 0 aromatic heterocycles. The first kappa shape index (κ1) is 34.9. The van der Waals surface area contributed by atoms with Crippen molar-refractivity contribution in [3.63, 3.8) is 0 Å². The van der Waals surface area contributed by atoms with Crippen LogP contribution in [-0.2, 0) is 28.7 Å². The molecule has 1 aliphatic rings. The largest absolute Gasteiger partial charge is 0.459 e. The number of esters is 2. The molecule has 1 heterocycles. The van der Waals surface area contributed by atoms with Crippen LogP contribution in [-0.4, -0.2) is 54.1 Å². The predicted octanol–water partition coefficient (Wildman–Crippen LogP) is 6.01. The van der Waals surface area contributed by atoms with E-state index in [2.05, 4.69) is 26.1 Å². The van der Waals surface area contributed by atoms with Crippen molar-refractivity contribution in [1.82, 2.24) is 10.2 Å². The molecule has 0 bridgehead atoms. The number of hydrogen-bond donors (Lipinski definition) is 1. The van der Waals surface area contributed by atoms with E-state index in [-0.39, 0.29) is 36.0 Å². The molecule has 0 saturated carbocycles. The van der Waals surface area contributed by atoms with Crippen LogP contribution >= 0.6 is 0 Å². The second-order valence-corrected chi connectivity index (χ2v) is 14.6. The molecule has 0 aliphatic carbocycles. The van der Waals surface area contributed by atoms with Gasteiger partial charge in [-0.1, -0.05) is 41.0 Å². The van der Waals surface area contributed by atoms with Crippen LogP contribution in [0, 0.1) is 21.7 Å². The normalized spacial score (nSPS) is 19.3. The molecule has 1 saturated heterocycles. The molecular weight excluding hydrogens is 496 g/mol. The minimum atomic E-state index is -1.06. The molecule has 1 N–H and O–H groups in total. The van der Waals surface area contributed by atoms with Crippen molar-refractivity contribution in [2.75, 3.05) is 13.6 Å². The zero-order valence-corrected chi connectivity index (χ0v) is 26.8. The Morgan fingerprint density at radius 1 is 0.872 bits per heavy atom. The molecule has 1 fully saturated rings. The first-order valence-electron chi connectivity index (χ1n) is 14.6. The number of likely N-dealkylation sites (tertiary alicyclic amines) is 1. The second kappa shape index (κ2) is 13.0. The first-order valence-corrected chi connectivity index (χ1v) is 14.6. The zero-order chi connectivity index (χ0) is 30.4. The summed E-state index contributed by atoms with van der Waals surface area (Å²) in [5.41, 5.74) is -3.74. The number of rotatable bonds is 12.